The van der Waals surface area contributed by atoms with Crippen molar-refractivity contribution in [2.75, 3.05) is 26.2 Å². The van der Waals surface area contributed by atoms with E-state index in [2.05, 4.69) is 27.7 Å². The van der Waals surface area contributed by atoms with Crippen LogP contribution in [-0.2, 0) is 20.8 Å². The monoisotopic (exact) mass is 436 g/mol. The molecule has 0 heterocycles. The molecule has 0 aliphatic rings. The lowest BCUT2D eigenvalue weighted by Gasteiger charge is -2.39. The van der Waals surface area contributed by atoms with E-state index in [0.717, 1.165) is 0 Å². The molecule has 0 radical (unpaired) electrons. The van der Waals surface area contributed by atoms with Crippen LogP contribution in [0.3, 0.4) is 0 Å². The summed E-state index contributed by atoms with van der Waals surface area (Å²) in [5.74, 6) is 0. The van der Waals surface area contributed by atoms with Crippen LogP contribution in [0.15, 0.2) is 0 Å². The summed E-state index contributed by atoms with van der Waals surface area (Å²) in [6, 6.07) is 0. The highest BCUT2D eigenvalue weighted by Gasteiger charge is 2.24. The molecule has 0 saturated carbocycles. The molecule has 0 aliphatic heterocycles. The van der Waals surface area contributed by atoms with Gasteiger partial charge >= 0.3 is 0 Å². The summed E-state index contributed by atoms with van der Waals surface area (Å²) in [5, 5.41) is 0. The molecule has 11 heteroatoms. The summed E-state index contributed by atoms with van der Waals surface area (Å²) in [5.41, 5.74) is 0. The molecule has 0 aromatic rings. The third-order valence-electron chi connectivity index (χ3n) is 3.94. The van der Waals surface area contributed by atoms with Crippen molar-refractivity contribution in [3.63, 3.8) is 0 Å². The van der Waals surface area contributed by atoms with Crippen LogP contribution >= 0.6 is 0 Å². The summed E-state index contributed by atoms with van der Waals surface area (Å²) >= 11 is 0. The van der Waals surface area contributed by atoms with E-state index >= 15 is 0 Å². The van der Waals surface area contributed by atoms with Crippen LogP contribution in [0, 0.1) is 0 Å². The van der Waals surface area contributed by atoms with Gasteiger partial charge in [-0.1, -0.05) is 53.4 Å². The smallest absolute Gasteiger partial charge is 0.215 e. The fourth-order valence-electron chi connectivity index (χ4n) is 2.64. The van der Waals surface area contributed by atoms with Crippen molar-refractivity contribution in [3.05, 3.63) is 0 Å². The van der Waals surface area contributed by atoms with E-state index in [1.54, 1.807) is 0 Å². The van der Waals surface area contributed by atoms with Crippen LogP contribution in [0.1, 0.15) is 79.1 Å². The van der Waals surface area contributed by atoms with Crippen LogP contribution in [0.25, 0.3) is 0 Å². The molecule has 2 N–H and O–H groups in total. The Morgan fingerprint density at radius 2 is 0.741 bits per heavy atom. The first-order valence-corrected chi connectivity index (χ1v) is 12.2. The molecule has 0 aromatic carbocycles. The first kappa shape index (κ1) is 31.4. The highest BCUT2D eigenvalue weighted by Crippen LogP contribution is 2.16. The predicted octanol–water partition coefficient (Wildman–Crippen LogP) is 3.01. The van der Waals surface area contributed by atoms with Gasteiger partial charge in [0.2, 0.25) is 20.8 Å². The van der Waals surface area contributed by atoms with E-state index in [1.165, 1.54) is 82.0 Å². The van der Waals surface area contributed by atoms with Gasteiger partial charge in [0.05, 0.1) is 26.2 Å². The molecule has 0 unspecified atom stereocenters. The largest absolute Gasteiger partial charge is 0.726 e. The third-order valence-corrected chi connectivity index (χ3v) is 3.94. The minimum atomic E-state index is -4.92. The molecule has 0 aliphatic carbocycles. The van der Waals surface area contributed by atoms with Crippen LogP contribution < -0.4 is 0 Å². The molecule has 0 amide bonds. The molecule has 0 spiro atoms. The fourth-order valence-corrected chi connectivity index (χ4v) is 2.64. The molecule has 27 heavy (non-hydrogen) atoms. The molecule has 0 aromatic heterocycles. The topological polar surface area (TPSA) is 155 Å². The van der Waals surface area contributed by atoms with Gasteiger partial charge in [0.25, 0.3) is 0 Å². The number of quaternary nitrogens is 1. The van der Waals surface area contributed by atoms with Gasteiger partial charge in [0.1, 0.15) is 0 Å². The molecular weight excluding hydrogens is 398 g/mol. The van der Waals surface area contributed by atoms with Crippen molar-refractivity contribution in [2.24, 2.45) is 0 Å². The Labute approximate surface area is 165 Å². The summed E-state index contributed by atoms with van der Waals surface area (Å²) in [7, 11) is -9.83. The normalized spacial score (nSPS) is 11.9. The molecular formula is C16H38NO8S2-. The van der Waals surface area contributed by atoms with Gasteiger partial charge in [-0.15, -0.1) is 0 Å². The van der Waals surface area contributed by atoms with Crippen molar-refractivity contribution in [1.82, 2.24) is 0 Å². The van der Waals surface area contributed by atoms with Crippen molar-refractivity contribution < 1.29 is 39.5 Å². The Bertz CT molecular complexity index is 437. The summed E-state index contributed by atoms with van der Waals surface area (Å²) in [6.07, 6.45) is 11.1. The fraction of sp³-hybridized carbons (Fsp3) is 1.00. The number of nitrogens with zero attached hydrogens (tertiary/aromatic N) is 1. The summed E-state index contributed by atoms with van der Waals surface area (Å²) in [4.78, 5) is 0. The highest BCUT2D eigenvalue weighted by atomic mass is 32.3. The SMILES string of the molecule is CCCC[N+](CCCC)(CCCC)CCCC.O=S(=O)([O-])O.O=S(=O)([O-])O. The van der Waals surface area contributed by atoms with Gasteiger partial charge in [-0.2, -0.15) is 0 Å². The van der Waals surface area contributed by atoms with Gasteiger partial charge in [-0.25, -0.2) is 16.8 Å². The first-order chi connectivity index (χ1) is 12.2. The lowest BCUT2D eigenvalue weighted by molar-refractivity contribution is -0.929. The Hall–Kier alpha value is -0.300. The first-order valence-electron chi connectivity index (χ1n) is 9.46. The zero-order chi connectivity index (χ0) is 22.0. The van der Waals surface area contributed by atoms with Crippen molar-refractivity contribution in [2.45, 2.75) is 79.1 Å². The number of hydrogen-bond donors (Lipinski definition) is 2. The standard InChI is InChI=1S/C16H36N.2H2O4S/c1-5-9-13-17(14-10-6-2,15-11-7-3)16-12-8-4;2*1-5(2,3)4/h5-16H2,1-4H3;2*(H2,1,2,3,4)/q+1;;/p-2. The second kappa shape index (κ2) is 17.8. The minimum Gasteiger partial charge on any atom is -0.726 e. The van der Waals surface area contributed by atoms with E-state index in [4.69, 9.17) is 35.0 Å². The van der Waals surface area contributed by atoms with Gasteiger partial charge in [0, 0.05) is 0 Å². The molecule has 0 bridgehead atoms. The van der Waals surface area contributed by atoms with E-state index in [1.807, 2.05) is 0 Å². The van der Waals surface area contributed by atoms with Crippen LogP contribution in [0.2, 0.25) is 0 Å². The zero-order valence-electron chi connectivity index (χ0n) is 17.1. The summed E-state index contributed by atoms with van der Waals surface area (Å²) < 4.78 is 67.1. The Balaban J connectivity index is -0.000000471. The third kappa shape index (κ3) is 37.2. The molecule has 168 valence electrons. The van der Waals surface area contributed by atoms with E-state index in [-0.39, 0.29) is 0 Å². The molecule has 9 nitrogen and oxygen atoms in total. The maximum Gasteiger partial charge on any atom is 0.215 e. The molecule has 0 fully saturated rings. The second-order valence-corrected chi connectivity index (χ2v) is 8.22. The predicted molar refractivity (Wildman–Crippen MR) is 104 cm³/mol. The zero-order valence-corrected chi connectivity index (χ0v) is 18.7. The second-order valence-electron chi connectivity index (χ2n) is 6.51. The molecule has 0 rings (SSSR count). The lowest BCUT2D eigenvalue weighted by atomic mass is 10.1. The minimum absolute atomic E-state index is 1.35. The molecule has 0 saturated heterocycles. The van der Waals surface area contributed by atoms with Crippen molar-refractivity contribution in [1.29, 1.82) is 0 Å². The average molecular weight is 437 g/mol. The number of rotatable bonds is 12. The highest BCUT2D eigenvalue weighted by molar-refractivity contribution is 7.80. The Morgan fingerprint density at radius 3 is 0.852 bits per heavy atom. The number of hydrogen-bond acceptors (Lipinski definition) is 6. The van der Waals surface area contributed by atoms with Gasteiger partial charge in [-0.3, -0.25) is 9.11 Å². The maximum atomic E-state index is 8.63. The maximum absolute atomic E-state index is 8.63. The van der Waals surface area contributed by atoms with Crippen LogP contribution in [0.4, 0.5) is 0 Å². The van der Waals surface area contributed by atoms with E-state index in [9.17, 15) is 0 Å². The van der Waals surface area contributed by atoms with E-state index < -0.39 is 20.8 Å². The van der Waals surface area contributed by atoms with Crippen LogP contribution in [0.5, 0.6) is 0 Å². The summed E-state index contributed by atoms with van der Waals surface area (Å²) in [6.45, 7) is 15.0. The van der Waals surface area contributed by atoms with Gasteiger partial charge in [-0.05, 0) is 25.7 Å². The average Bonchev–Trinajstić information content (AvgIpc) is 2.50. The Morgan fingerprint density at radius 1 is 0.593 bits per heavy atom. The van der Waals surface area contributed by atoms with Crippen molar-refractivity contribution in [3.8, 4) is 0 Å². The Kier molecular flexibility index (Phi) is 20.7. The van der Waals surface area contributed by atoms with Crippen molar-refractivity contribution >= 4 is 20.8 Å². The van der Waals surface area contributed by atoms with Gasteiger partial charge < -0.3 is 13.6 Å². The quantitative estimate of drug-likeness (QED) is 0.269. The molecule has 0 atom stereocenters. The lowest BCUT2D eigenvalue weighted by Crippen LogP contribution is -2.50. The number of unbranched alkanes of at least 4 members (excludes halogenated alkanes) is 4. The van der Waals surface area contributed by atoms with Gasteiger partial charge in [0.15, 0.2) is 0 Å². The van der Waals surface area contributed by atoms with Crippen LogP contribution in [-0.4, -0.2) is 65.7 Å². The van der Waals surface area contributed by atoms with E-state index in [0.29, 0.717) is 0 Å².